The molecular formula is C13H16BrNO3S. The minimum Gasteiger partial charge on any atom is -0.469 e. The highest BCUT2D eigenvalue weighted by atomic mass is 79.9. The Hall–Kier alpha value is -0.880. The van der Waals surface area contributed by atoms with Crippen LogP contribution in [0, 0.1) is 12.8 Å². The number of amides is 1. The average molecular weight is 346 g/mol. The van der Waals surface area contributed by atoms with Gasteiger partial charge in [-0.05, 0) is 47.3 Å². The van der Waals surface area contributed by atoms with Gasteiger partial charge >= 0.3 is 5.97 Å². The Balaban J connectivity index is 2.09. The number of aryl methyl sites for hydroxylation is 1. The van der Waals surface area contributed by atoms with E-state index in [0.717, 1.165) is 27.1 Å². The topological polar surface area (TPSA) is 46.6 Å². The average Bonchev–Trinajstić information content (AvgIpc) is 2.77. The molecule has 0 unspecified atom stereocenters. The van der Waals surface area contributed by atoms with Crippen molar-refractivity contribution in [3.8, 4) is 0 Å². The maximum Gasteiger partial charge on any atom is 0.310 e. The number of carbonyl (C=O) groups excluding carboxylic acids is 2. The Morgan fingerprint density at radius 2 is 2.26 bits per heavy atom. The van der Waals surface area contributed by atoms with E-state index in [9.17, 15) is 9.59 Å². The van der Waals surface area contributed by atoms with Crippen LogP contribution in [0.3, 0.4) is 0 Å². The Labute approximate surface area is 124 Å². The summed E-state index contributed by atoms with van der Waals surface area (Å²) in [4.78, 5) is 26.4. The van der Waals surface area contributed by atoms with Crippen molar-refractivity contribution >= 4 is 39.1 Å². The molecule has 2 heterocycles. The van der Waals surface area contributed by atoms with Gasteiger partial charge in [0.25, 0.3) is 5.91 Å². The molecule has 0 aromatic carbocycles. The number of halogens is 1. The third-order valence-electron chi connectivity index (χ3n) is 3.31. The summed E-state index contributed by atoms with van der Waals surface area (Å²) in [6.07, 6.45) is 1.64. The molecule has 1 aromatic heterocycles. The Bertz CT molecular complexity index is 481. The fraction of sp³-hybridized carbons (Fsp3) is 0.538. The molecule has 0 radical (unpaired) electrons. The first-order valence-corrected chi connectivity index (χ1v) is 7.77. The minimum absolute atomic E-state index is 0.00685. The van der Waals surface area contributed by atoms with Gasteiger partial charge < -0.3 is 9.64 Å². The molecule has 1 atom stereocenters. The summed E-state index contributed by atoms with van der Waals surface area (Å²) < 4.78 is 5.75. The molecule has 1 amide bonds. The molecule has 1 fully saturated rings. The summed E-state index contributed by atoms with van der Waals surface area (Å²) in [5, 5.41) is 0. The molecule has 0 spiro atoms. The van der Waals surface area contributed by atoms with Gasteiger partial charge in [-0.15, -0.1) is 11.3 Å². The van der Waals surface area contributed by atoms with E-state index >= 15 is 0 Å². The summed E-state index contributed by atoms with van der Waals surface area (Å²) >= 11 is 4.87. The van der Waals surface area contributed by atoms with Crippen LogP contribution in [-0.2, 0) is 9.53 Å². The van der Waals surface area contributed by atoms with E-state index in [2.05, 4.69) is 15.9 Å². The van der Waals surface area contributed by atoms with Crippen molar-refractivity contribution in [2.75, 3.05) is 20.2 Å². The Kier molecular flexibility index (Phi) is 4.62. The third-order valence-corrected chi connectivity index (χ3v) is 5.44. The number of nitrogens with zero attached hydrogens (tertiary/aromatic N) is 1. The number of rotatable bonds is 2. The van der Waals surface area contributed by atoms with E-state index in [1.54, 1.807) is 4.90 Å². The van der Waals surface area contributed by atoms with Gasteiger partial charge in [0, 0.05) is 13.1 Å². The van der Waals surface area contributed by atoms with Crippen LogP contribution in [-0.4, -0.2) is 37.0 Å². The van der Waals surface area contributed by atoms with Crippen molar-refractivity contribution in [2.24, 2.45) is 5.92 Å². The number of methoxy groups -OCH3 is 1. The number of esters is 1. The van der Waals surface area contributed by atoms with E-state index in [1.807, 2.05) is 13.0 Å². The molecule has 104 valence electrons. The van der Waals surface area contributed by atoms with Crippen LogP contribution in [0.2, 0.25) is 0 Å². The quantitative estimate of drug-likeness (QED) is 0.774. The first-order chi connectivity index (χ1) is 9.02. The SMILES string of the molecule is COC(=O)[C@H]1CCCN(C(=O)c2cc(C)c(Br)s2)C1. The zero-order valence-electron chi connectivity index (χ0n) is 10.9. The molecule has 19 heavy (non-hydrogen) atoms. The van der Waals surface area contributed by atoms with Crippen molar-refractivity contribution in [3.05, 3.63) is 20.3 Å². The molecule has 1 aromatic rings. The summed E-state index contributed by atoms with van der Waals surface area (Å²) in [6, 6.07) is 1.89. The molecule has 6 heteroatoms. The minimum atomic E-state index is -0.221. The molecule has 0 bridgehead atoms. The number of likely N-dealkylation sites (tertiary alicyclic amines) is 1. The second kappa shape index (κ2) is 6.05. The predicted molar refractivity (Wildman–Crippen MR) is 77.4 cm³/mol. The highest BCUT2D eigenvalue weighted by Gasteiger charge is 2.30. The summed E-state index contributed by atoms with van der Waals surface area (Å²) in [7, 11) is 1.39. The molecule has 1 saturated heterocycles. The number of hydrogen-bond donors (Lipinski definition) is 0. The van der Waals surface area contributed by atoms with E-state index in [4.69, 9.17) is 4.74 Å². The molecular weight excluding hydrogens is 330 g/mol. The molecule has 0 N–H and O–H groups in total. The van der Waals surface area contributed by atoms with Crippen LogP contribution in [0.4, 0.5) is 0 Å². The van der Waals surface area contributed by atoms with Gasteiger partial charge in [0.05, 0.1) is 21.7 Å². The van der Waals surface area contributed by atoms with Gasteiger partial charge in [-0.1, -0.05) is 0 Å². The lowest BCUT2D eigenvalue weighted by Gasteiger charge is -2.31. The van der Waals surface area contributed by atoms with Crippen LogP contribution in [0.25, 0.3) is 0 Å². The number of ether oxygens (including phenoxy) is 1. The number of carbonyl (C=O) groups is 2. The number of piperidine rings is 1. The fourth-order valence-electron chi connectivity index (χ4n) is 2.24. The maximum absolute atomic E-state index is 12.4. The first kappa shape index (κ1) is 14.5. The van der Waals surface area contributed by atoms with Crippen LogP contribution >= 0.6 is 27.3 Å². The van der Waals surface area contributed by atoms with Gasteiger partial charge in [-0.25, -0.2) is 0 Å². The smallest absolute Gasteiger partial charge is 0.310 e. The van der Waals surface area contributed by atoms with Crippen molar-refractivity contribution in [1.82, 2.24) is 4.90 Å². The third kappa shape index (κ3) is 3.17. The largest absolute Gasteiger partial charge is 0.469 e. The second-order valence-corrected chi connectivity index (χ2v) is 7.05. The number of hydrogen-bond acceptors (Lipinski definition) is 4. The molecule has 1 aliphatic rings. The van der Waals surface area contributed by atoms with Crippen molar-refractivity contribution in [3.63, 3.8) is 0 Å². The molecule has 1 aliphatic heterocycles. The van der Waals surface area contributed by atoms with E-state index in [0.29, 0.717) is 13.1 Å². The van der Waals surface area contributed by atoms with Gasteiger partial charge in [-0.2, -0.15) is 0 Å². The summed E-state index contributed by atoms with van der Waals surface area (Å²) in [6.45, 7) is 3.13. The standard InChI is InChI=1S/C13H16BrNO3S/c1-8-6-10(19-11(8)14)12(16)15-5-3-4-9(7-15)13(17)18-2/h6,9H,3-5,7H2,1-2H3/t9-/m0/s1. The van der Waals surface area contributed by atoms with Gasteiger partial charge in [0.15, 0.2) is 0 Å². The van der Waals surface area contributed by atoms with E-state index in [-0.39, 0.29) is 17.8 Å². The van der Waals surface area contributed by atoms with Crippen molar-refractivity contribution < 1.29 is 14.3 Å². The normalized spacial score (nSPS) is 19.3. The molecule has 0 saturated carbocycles. The predicted octanol–water partition coefficient (Wildman–Crippen LogP) is 2.84. The van der Waals surface area contributed by atoms with Crippen LogP contribution in [0.1, 0.15) is 28.1 Å². The van der Waals surface area contributed by atoms with Crippen LogP contribution < -0.4 is 0 Å². The van der Waals surface area contributed by atoms with E-state index in [1.165, 1.54) is 18.4 Å². The van der Waals surface area contributed by atoms with Crippen LogP contribution in [0.15, 0.2) is 9.85 Å². The zero-order chi connectivity index (χ0) is 14.0. The van der Waals surface area contributed by atoms with Crippen molar-refractivity contribution in [2.45, 2.75) is 19.8 Å². The lowest BCUT2D eigenvalue weighted by Crippen LogP contribution is -2.42. The van der Waals surface area contributed by atoms with Gasteiger partial charge in [-0.3, -0.25) is 9.59 Å². The second-order valence-electron chi connectivity index (χ2n) is 4.68. The zero-order valence-corrected chi connectivity index (χ0v) is 13.3. The van der Waals surface area contributed by atoms with Gasteiger partial charge in [0.2, 0.25) is 0 Å². The monoisotopic (exact) mass is 345 g/mol. The summed E-state index contributed by atoms with van der Waals surface area (Å²) in [5.74, 6) is -0.402. The first-order valence-electron chi connectivity index (χ1n) is 6.16. The Morgan fingerprint density at radius 3 is 2.84 bits per heavy atom. The molecule has 2 rings (SSSR count). The van der Waals surface area contributed by atoms with E-state index < -0.39 is 0 Å². The van der Waals surface area contributed by atoms with Gasteiger partial charge in [0.1, 0.15) is 0 Å². The molecule has 4 nitrogen and oxygen atoms in total. The van der Waals surface area contributed by atoms with Crippen LogP contribution in [0.5, 0.6) is 0 Å². The summed E-state index contributed by atoms with van der Waals surface area (Å²) in [5.41, 5.74) is 1.06. The fourth-order valence-corrected chi connectivity index (χ4v) is 3.74. The maximum atomic E-state index is 12.4. The highest BCUT2D eigenvalue weighted by Crippen LogP contribution is 2.29. The van der Waals surface area contributed by atoms with Crippen molar-refractivity contribution in [1.29, 1.82) is 0 Å². The lowest BCUT2D eigenvalue weighted by atomic mass is 9.98. The lowest BCUT2D eigenvalue weighted by molar-refractivity contribution is -0.146. The Morgan fingerprint density at radius 1 is 1.53 bits per heavy atom. The highest BCUT2D eigenvalue weighted by molar-refractivity contribution is 9.11. The number of thiophene rings is 1. The molecule has 0 aliphatic carbocycles.